The van der Waals surface area contributed by atoms with Gasteiger partial charge in [0.25, 0.3) is 0 Å². The van der Waals surface area contributed by atoms with E-state index in [0.717, 1.165) is 29.0 Å². The zero-order valence-corrected chi connectivity index (χ0v) is 18.0. The third-order valence-electron chi connectivity index (χ3n) is 5.21. The van der Waals surface area contributed by atoms with Crippen LogP contribution in [-0.4, -0.2) is 44.9 Å². The molecule has 162 valence electrons. The van der Waals surface area contributed by atoms with Gasteiger partial charge in [0.15, 0.2) is 0 Å². The molecule has 1 amide bonds. The second kappa shape index (κ2) is 9.57. The van der Waals surface area contributed by atoms with Crippen molar-refractivity contribution < 1.29 is 22.3 Å². The van der Waals surface area contributed by atoms with Crippen molar-refractivity contribution in [2.24, 2.45) is 5.92 Å². The van der Waals surface area contributed by atoms with Gasteiger partial charge in [0, 0.05) is 13.1 Å². The number of carbonyl (C=O) groups excluding carboxylic acids is 1. The Morgan fingerprint density at radius 2 is 1.93 bits per heavy atom. The third-order valence-corrected chi connectivity index (χ3v) is 7.09. The van der Waals surface area contributed by atoms with Gasteiger partial charge in [0.2, 0.25) is 15.9 Å². The molecule has 1 aliphatic rings. The minimum Gasteiger partial charge on any atom is -0.491 e. The van der Waals surface area contributed by atoms with Crippen molar-refractivity contribution in [3.8, 4) is 5.75 Å². The molecule has 2 aromatic rings. The van der Waals surface area contributed by atoms with Gasteiger partial charge in [-0.15, -0.1) is 0 Å². The van der Waals surface area contributed by atoms with Crippen molar-refractivity contribution in [3.63, 3.8) is 0 Å². The summed E-state index contributed by atoms with van der Waals surface area (Å²) in [4.78, 5) is 12.6. The number of amides is 1. The number of piperidine rings is 1. The molecule has 0 unspecified atom stereocenters. The fraction of sp³-hybridized carbons (Fsp3) is 0.409. The smallest absolute Gasteiger partial charge is 0.243 e. The van der Waals surface area contributed by atoms with E-state index in [4.69, 9.17) is 4.74 Å². The fourth-order valence-corrected chi connectivity index (χ4v) is 5.00. The van der Waals surface area contributed by atoms with Crippen LogP contribution in [0.4, 0.5) is 4.39 Å². The van der Waals surface area contributed by atoms with Crippen molar-refractivity contribution in [2.45, 2.75) is 31.6 Å². The summed E-state index contributed by atoms with van der Waals surface area (Å²) < 4.78 is 45.8. The van der Waals surface area contributed by atoms with Crippen LogP contribution in [-0.2, 0) is 14.8 Å². The number of nitrogens with zero attached hydrogens (tertiary/aromatic N) is 1. The lowest BCUT2D eigenvalue weighted by atomic mass is 9.99. The van der Waals surface area contributed by atoms with Gasteiger partial charge in [-0.05, 0) is 68.1 Å². The maximum Gasteiger partial charge on any atom is 0.243 e. The molecule has 1 fully saturated rings. The molecule has 0 radical (unpaired) electrons. The van der Waals surface area contributed by atoms with Crippen molar-refractivity contribution >= 4 is 15.9 Å². The summed E-state index contributed by atoms with van der Waals surface area (Å²) in [6.45, 7) is 5.09. The van der Waals surface area contributed by atoms with Gasteiger partial charge in [-0.2, -0.15) is 4.31 Å². The summed E-state index contributed by atoms with van der Waals surface area (Å²) in [6, 6.07) is 10.7. The Morgan fingerprint density at radius 3 is 2.67 bits per heavy atom. The number of rotatable bonds is 7. The SMILES string of the molecule is Cc1ccc(C)c(OCCNC(=O)[C@@H]2CCCN(S(=O)(=O)c3ccc(F)cc3)C2)c1. The number of sulfonamides is 1. The van der Waals surface area contributed by atoms with E-state index in [1.54, 1.807) is 0 Å². The Morgan fingerprint density at radius 1 is 1.20 bits per heavy atom. The molecule has 0 bridgehead atoms. The van der Waals surface area contributed by atoms with E-state index in [2.05, 4.69) is 5.32 Å². The molecule has 3 rings (SSSR count). The quantitative estimate of drug-likeness (QED) is 0.680. The zero-order chi connectivity index (χ0) is 21.7. The molecular formula is C22H27FN2O4S. The lowest BCUT2D eigenvalue weighted by Crippen LogP contribution is -2.46. The molecular weight excluding hydrogens is 407 g/mol. The van der Waals surface area contributed by atoms with Gasteiger partial charge >= 0.3 is 0 Å². The molecule has 1 heterocycles. The highest BCUT2D eigenvalue weighted by Crippen LogP contribution is 2.24. The van der Waals surface area contributed by atoms with E-state index < -0.39 is 21.8 Å². The minimum atomic E-state index is -3.75. The minimum absolute atomic E-state index is 0.0342. The molecule has 30 heavy (non-hydrogen) atoms. The number of hydrogen-bond donors (Lipinski definition) is 1. The van der Waals surface area contributed by atoms with Gasteiger partial charge in [-0.1, -0.05) is 12.1 Å². The third kappa shape index (κ3) is 5.37. The molecule has 0 aromatic heterocycles. The molecule has 1 saturated heterocycles. The average molecular weight is 435 g/mol. The van der Waals surface area contributed by atoms with Crippen LogP contribution in [0.2, 0.25) is 0 Å². The largest absolute Gasteiger partial charge is 0.491 e. The predicted octanol–water partition coefficient (Wildman–Crippen LogP) is 3.04. The summed E-state index contributed by atoms with van der Waals surface area (Å²) in [6.07, 6.45) is 1.22. The Labute approximate surface area is 177 Å². The first kappa shape index (κ1) is 22.2. The molecule has 1 aliphatic heterocycles. The Bertz CT molecular complexity index is 993. The molecule has 1 N–H and O–H groups in total. The number of aryl methyl sites for hydroxylation is 2. The van der Waals surface area contributed by atoms with Crippen LogP contribution in [0.25, 0.3) is 0 Å². The number of halogens is 1. The van der Waals surface area contributed by atoms with Crippen molar-refractivity contribution in [2.75, 3.05) is 26.2 Å². The maximum absolute atomic E-state index is 13.1. The summed E-state index contributed by atoms with van der Waals surface area (Å²) in [5.74, 6) is -0.306. The van der Waals surface area contributed by atoms with Crippen LogP contribution < -0.4 is 10.1 Å². The van der Waals surface area contributed by atoms with Crippen molar-refractivity contribution in [1.82, 2.24) is 9.62 Å². The van der Waals surface area contributed by atoms with Crippen LogP contribution in [0, 0.1) is 25.6 Å². The van der Waals surface area contributed by atoms with Crippen LogP contribution in [0.5, 0.6) is 5.75 Å². The average Bonchev–Trinajstić information content (AvgIpc) is 2.74. The summed E-state index contributed by atoms with van der Waals surface area (Å²) in [5, 5.41) is 2.84. The van der Waals surface area contributed by atoms with E-state index >= 15 is 0 Å². The van der Waals surface area contributed by atoms with E-state index in [1.165, 1.54) is 16.4 Å². The number of ether oxygens (including phenoxy) is 1. The highest BCUT2D eigenvalue weighted by Gasteiger charge is 2.33. The van der Waals surface area contributed by atoms with E-state index in [1.807, 2.05) is 32.0 Å². The Hall–Kier alpha value is -2.45. The van der Waals surface area contributed by atoms with Gasteiger partial charge in [-0.3, -0.25) is 4.79 Å². The Kier molecular flexibility index (Phi) is 7.10. The number of hydrogen-bond acceptors (Lipinski definition) is 4. The van der Waals surface area contributed by atoms with E-state index in [9.17, 15) is 17.6 Å². The first-order chi connectivity index (χ1) is 14.3. The van der Waals surface area contributed by atoms with Gasteiger partial charge in [0.05, 0.1) is 17.4 Å². The zero-order valence-electron chi connectivity index (χ0n) is 17.2. The van der Waals surface area contributed by atoms with Crippen LogP contribution >= 0.6 is 0 Å². The van der Waals surface area contributed by atoms with Crippen molar-refractivity contribution in [1.29, 1.82) is 0 Å². The summed E-state index contributed by atoms with van der Waals surface area (Å²) in [5.41, 5.74) is 2.13. The molecule has 0 spiro atoms. The number of benzene rings is 2. The first-order valence-electron chi connectivity index (χ1n) is 10.0. The summed E-state index contributed by atoms with van der Waals surface area (Å²) in [7, 11) is -3.75. The summed E-state index contributed by atoms with van der Waals surface area (Å²) >= 11 is 0. The standard InChI is InChI=1S/C22H27FN2O4S/c1-16-5-6-17(2)21(14-16)29-13-11-24-22(26)18-4-3-12-25(15-18)30(27,28)20-9-7-19(23)8-10-20/h5-10,14,18H,3-4,11-13,15H2,1-2H3,(H,24,26)/t18-/m1/s1. The molecule has 8 heteroatoms. The highest BCUT2D eigenvalue weighted by molar-refractivity contribution is 7.89. The predicted molar refractivity (Wildman–Crippen MR) is 112 cm³/mol. The highest BCUT2D eigenvalue weighted by atomic mass is 32.2. The second-order valence-electron chi connectivity index (χ2n) is 7.56. The van der Waals surface area contributed by atoms with Gasteiger partial charge in [0.1, 0.15) is 18.2 Å². The molecule has 6 nitrogen and oxygen atoms in total. The molecule has 2 aromatic carbocycles. The normalized spacial score (nSPS) is 17.5. The lowest BCUT2D eigenvalue weighted by molar-refractivity contribution is -0.126. The monoisotopic (exact) mass is 434 g/mol. The Balaban J connectivity index is 1.52. The molecule has 0 saturated carbocycles. The van der Waals surface area contributed by atoms with Crippen LogP contribution in [0.3, 0.4) is 0 Å². The van der Waals surface area contributed by atoms with Gasteiger partial charge < -0.3 is 10.1 Å². The van der Waals surface area contributed by atoms with Crippen LogP contribution in [0.1, 0.15) is 24.0 Å². The fourth-order valence-electron chi connectivity index (χ4n) is 3.47. The van der Waals surface area contributed by atoms with Crippen molar-refractivity contribution in [3.05, 3.63) is 59.4 Å². The van der Waals surface area contributed by atoms with E-state index in [-0.39, 0.29) is 17.3 Å². The second-order valence-corrected chi connectivity index (χ2v) is 9.50. The first-order valence-corrected chi connectivity index (χ1v) is 11.4. The van der Waals surface area contributed by atoms with Gasteiger partial charge in [-0.25, -0.2) is 12.8 Å². The molecule has 1 atom stereocenters. The van der Waals surface area contributed by atoms with Crippen LogP contribution in [0.15, 0.2) is 47.4 Å². The lowest BCUT2D eigenvalue weighted by Gasteiger charge is -2.31. The number of nitrogens with one attached hydrogen (secondary N) is 1. The topological polar surface area (TPSA) is 75.7 Å². The maximum atomic E-state index is 13.1. The van der Waals surface area contributed by atoms with E-state index in [0.29, 0.717) is 32.5 Å². The number of carbonyl (C=O) groups is 1. The molecule has 0 aliphatic carbocycles.